The number of aryl methyl sites for hydroxylation is 2. The van der Waals surface area contributed by atoms with Gasteiger partial charge in [0.1, 0.15) is 0 Å². The molecular weight excluding hydrogens is 372 g/mol. The third kappa shape index (κ3) is 4.84. The average Bonchev–Trinajstić information content (AvgIpc) is 3.53. The van der Waals surface area contributed by atoms with Crippen molar-refractivity contribution in [2.24, 2.45) is 0 Å². The Morgan fingerprint density at radius 1 is 1.07 bits per heavy atom. The van der Waals surface area contributed by atoms with Crippen LogP contribution in [0.4, 0.5) is 0 Å². The molecule has 156 valence electrons. The third-order valence-corrected chi connectivity index (χ3v) is 7.58. The van der Waals surface area contributed by atoms with E-state index in [4.69, 9.17) is 9.47 Å². The number of ether oxygens (including phenoxy) is 2. The van der Waals surface area contributed by atoms with Crippen LogP contribution in [0, 0.1) is 6.92 Å². The van der Waals surface area contributed by atoms with Crippen LogP contribution in [-0.2, 0) is 15.9 Å². The molecule has 28 heavy (non-hydrogen) atoms. The molecule has 2 fully saturated rings. The van der Waals surface area contributed by atoms with Crippen LogP contribution in [0.15, 0.2) is 16.9 Å². The SMILES string of the molecule is CCOC1CCC(OCC2C(NSC3CC3)CCc3ccc(C)c(=O)n32)CC1. The number of nitrogens with one attached hydrogen (secondary N) is 1. The molecule has 2 unspecified atom stereocenters. The van der Waals surface area contributed by atoms with Crippen molar-refractivity contribution < 1.29 is 9.47 Å². The second kappa shape index (κ2) is 9.33. The lowest BCUT2D eigenvalue weighted by molar-refractivity contribution is -0.0397. The highest BCUT2D eigenvalue weighted by molar-refractivity contribution is 7.98. The van der Waals surface area contributed by atoms with Crippen molar-refractivity contribution >= 4 is 11.9 Å². The van der Waals surface area contributed by atoms with Gasteiger partial charge in [0, 0.05) is 29.2 Å². The lowest BCUT2D eigenvalue weighted by atomic mass is 9.94. The van der Waals surface area contributed by atoms with Crippen LogP contribution in [0.25, 0.3) is 0 Å². The van der Waals surface area contributed by atoms with Gasteiger partial charge in [0.05, 0.1) is 24.9 Å². The number of rotatable bonds is 8. The smallest absolute Gasteiger partial charge is 0.254 e. The van der Waals surface area contributed by atoms with E-state index in [2.05, 4.69) is 17.7 Å². The van der Waals surface area contributed by atoms with E-state index in [1.165, 1.54) is 12.8 Å². The van der Waals surface area contributed by atoms with Crippen LogP contribution >= 0.6 is 11.9 Å². The molecule has 5 nitrogen and oxygen atoms in total. The molecule has 1 aromatic rings. The number of nitrogens with zero attached hydrogens (tertiary/aromatic N) is 1. The van der Waals surface area contributed by atoms with Crippen LogP contribution in [0.5, 0.6) is 0 Å². The standard InChI is InChI=1S/C22H34N2O3S/c1-3-26-17-7-9-18(10-8-17)27-14-21-20(23-28-19-11-12-19)13-6-16-5-4-15(2)22(25)24(16)21/h4-5,17-21,23H,3,6-14H2,1-2H3. The highest BCUT2D eigenvalue weighted by Gasteiger charge is 2.33. The molecule has 0 spiro atoms. The van der Waals surface area contributed by atoms with Crippen molar-refractivity contribution in [2.45, 2.75) is 94.8 Å². The van der Waals surface area contributed by atoms with Gasteiger partial charge in [-0.2, -0.15) is 0 Å². The topological polar surface area (TPSA) is 52.5 Å². The van der Waals surface area contributed by atoms with Crippen LogP contribution in [0.3, 0.4) is 0 Å². The van der Waals surface area contributed by atoms with Gasteiger partial charge in [-0.25, -0.2) is 0 Å². The molecule has 4 rings (SSSR count). The Hall–Kier alpha value is -0.820. The Morgan fingerprint density at radius 2 is 1.79 bits per heavy atom. The van der Waals surface area contributed by atoms with Crippen LogP contribution in [-0.4, -0.2) is 41.3 Å². The molecule has 0 bridgehead atoms. The maximum absolute atomic E-state index is 12.9. The zero-order valence-corrected chi connectivity index (χ0v) is 18.0. The van der Waals surface area contributed by atoms with Crippen LogP contribution in [0.2, 0.25) is 0 Å². The van der Waals surface area contributed by atoms with Gasteiger partial charge in [0.2, 0.25) is 0 Å². The Bertz CT molecular complexity index is 710. The summed E-state index contributed by atoms with van der Waals surface area (Å²) in [7, 11) is 0. The van der Waals surface area contributed by atoms with E-state index in [9.17, 15) is 4.79 Å². The number of hydrogen-bond donors (Lipinski definition) is 1. The molecule has 0 radical (unpaired) electrons. The fourth-order valence-electron chi connectivity index (χ4n) is 4.47. The molecule has 0 aromatic carbocycles. The van der Waals surface area contributed by atoms with E-state index in [1.807, 2.05) is 29.5 Å². The summed E-state index contributed by atoms with van der Waals surface area (Å²) in [6.45, 7) is 5.39. The van der Waals surface area contributed by atoms with E-state index in [0.717, 1.165) is 61.6 Å². The van der Waals surface area contributed by atoms with Crippen LogP contribution in [0.1, 0.15) is 69.2 Å². The largest absolute Gasteiger partial charge is 0.379 e. The van der Waals surface area contributed by atoms with Gasteiger partial charge in [0.25, 0.3) is 5.56 Å². The Balaban J connectivity index is 1.43. The highest BCUT2D eigenvalue weighted by atomic mass is 32.2. The maximum atomic E-state index is 12.9. The second-order valence-electron chi connectivity index (χ2n) is 8.52. The van der Waals surface area contributed by atoms with Crippen molar-refractivity contribution in [1.29, 1.82) is 0 Å². The quantitative estimate of drug-likeness (QED) is 0.666. The minimum Gasteiger partial charge on any atom is -0.379 e. The van der Waals surface area contributed by atoms with Gasteiger partial charge in [-0.3, -0.25) is 9.52 Å². The highest BCUT2D eigenvalue weighted by Crippen LogP contribution is 2.35. The molecular formula is C22H34N2O3S. The molecule has 2 saturated carbocycles. The number of hydrogen-bond acceptors (Lipinski definition) is 5. The molecule has 6 heteroatoms. The molecule has 1 aliphatic heterocycles. The predicted molar refractivity (Wildman–Crippen MR) is 114 cm³/mol. The maximum Gasteiger partial charge on any atom is 0.254 e. The minimum absolute atomic E-state index is 0.0759. The lowest BCUT2D eigenvalue weighted by Crippen LogP contribution is -2.47. The van der Waals surface area contributed by atoms with E-state index in [-0.39, 0.29) is 17.6 Å². The van der Waals surface area contributed by atoms with Gasteiger partial charge in [0.15, 0.2) is 0 Å². The first-order valence-electron chi connectivity index (χ1n) is 11.0. The van der Waals surface area contributed by atoms with Crippen LogP contribution < -0.4 is 10.3 Å². The normalized spacial score (nSPS) is 30.2. The van der Waals surface area contributed by atoms with Gasteiger partial charge >= 0.3 is 0 Å². The number of fused-ring (bicyclic) bond motifs is 1. The first-order valence-corrected chi connectivity index (χ1v) is 11.9. The van der Waals surface area contributed by atoms with Crippen molar-refractivity contribution in [2.75, 3.05) is 13.2 Å². The molecule has 2 heterocycles. The third-order valence-electron chi connectivity index (χ3n) is 6.34. The molecule has 2 atom stereocenters. The zero-order chi connectivity index (χ0) is 19.5. The Kier molecular flexibility index (Phi) is 6.81. The van der Waals surface area contributed by atoms with Gasteiger partial charge < -0.3 is 14.0 Å². The second-order valence-corrected chi connectivity index (χ2v) is 9.66. The van der Waals surface area contributed by atoms with Gasteiger partial charge in [-0.1, -0.05) is 18.0 Å². The van der Waals surface area contributed by atoms with E-state index in [1.54, 1.807) is 0 Å². The summed E-state index contributed by atoms with van der Waals surface area (Å²) in [6.07, 6.45) is 9.60. The lowest BCUT2D eigenvalue weighted by Gasteiger charge is -2.37. The van der Waals surface area contributed by atoms with E-state index >= 15 is 0 Å². The number of aromatic nitrogens is 1. The monoisotopic (exact) mass is 406 g/mol. The molecule has 0 saturated heterocycles. The van der Waals surface area contributed by atoms with E-state index < -0.39 is 0 Å². The van der Waals surface area contributed by atoms with E-state index in [0.29, 0.717) is 18.8 Å². The summed E-state index contributed by atoms with van der Waals surface area (Å²) in [5.74, 6) is 0. The molecule has 1 N–H and O–H groups in total. The summed E-state index contributed by atoms with van der Waals surface area (Å²) in [4.78, 5) is 12.9. The number of pyridine rings is 1. The zero-order valence-electron chi connectivity index (χ0n) is 17.2. The first-order chi connectivity index (χ1) is 13.7. The van der Waals surface area contributed by atoms with Crippen molar-refractivity contribution in [3.8, 4) is 0 Å². The molecule has 2 aliphatic carbocycles. The summed E-state index contributed by atoms with van der Waals surface area (Å²) in [5, 5.41) is 0.756. The Morgan fingerprint density at radius 3 is 2.46 bits per heavy atom. The minimum atomic E-state index is 0.0759. The summed E-state index contributed by atoms with van der Waals surface area (Å²) < 4.78 is 17.9. The average molecular weight is 407 g/mol. The van der Waals surface area contributed by atoms with Gasteiger partial charge in [-0.05, 0) is 71.3 Å². The van der Waals surface area contributed by atoms with Crippen molar-refractivity contribution in [3.05, 3.63) is 33.7 Å². The van der Waals surface area contributed by atoms with Crippen molar-refractivity contribution in [3.63, 3.8) is 0 Å². The first kappa shape index (κ1) is 20.5. The predicted octanol–water partition coefficient (Wildman–Crippen LogP) is 3.78. The summed E-state index contributed by atoms with van der Waals surface area (Å²) >= 11 is 1.87. The van der Waals surface area contributed by atoms with Gasteiger partial charge in [-0.15, -0.1) is 0 Å². The Labute approximate surface area is 172 Å². The van der Waals surface area contributed by atoms with Crippen molar-refractivity contribution in [1.82, 2.24) is 9.29 Å². The fraction of sp³-hybridized carbons (Fsp3) is 0.773. The fourth-order valence-corrected chi connectivity index (χ4v) is 5.48. The summed E-state index contributed by atoms with van der Waals surface area (Å²) in [6, 6.07) is 4.46. The summed E-state index contributed by atoms with van der Waals surface area (Å²) in [5.41, 5.74) is 2.12. The molecule has 3 aliphatic rings. The molecule has 1 aromatic heterocycles. The molecule has 0 amide bonds.